The van der Waals surface area contributed by atoms with E-state index in [1.54, 1.807) is 24.3 Å². The number of amides is 4. The molecule has 32 heavy (non-hydrogen) atoms. The molecule has 0 radical (unpaired) electrons. The third-order valence-corrected chi connectivity index (χ3v) is 5.56. The summed E-state index contributed by atoms with van der Waals surface area (Å²) >= 11 is 0. The maximum absolute atomic E-state index is 13.3. The van der Waals surface area contributed by atoms with Crippen molar-refractivity contribution in [2.75, 3.05) is 4.90 Å². The van der Waals surface area contributed by atoms with Gasteiger partial charge >= 0.3 is 6.03 Å². The second-order valence-corrected chi connectivity index (χ2v) is 7.62. The molecule has 0 spiro atoms. The Balaban J connectivity index is 1.73. The smallest absolute Gasteiger partial charge is 0.318 e. The zero-order valence-electron chi connectivity index (χ0n) is 18.0. The van der Waals surface area contributed by atoms with Crippen molar-refractivity contribution in [2.45, 2.75) is 27.2 Å². The van der Waals surface area contributed by atoms with Gasteiger partial charge in [-0.2, -0.15) is 0 Å². The lowest BCUT2D eigenvalue weighted by Gasteiger charge is -2.26. The van der Waals surface area contributed by atoms with Gasteiger partial charge in [-0.05, 0) is 79.9 Å². The fourth-order valence-corrected chi connectivity index (χ4v) is 3.85. The number of aryl methyl sites for hydroxylation is 2. The quantitative estimate of drug-likeness (QED) is 0.490. The SMILES string of the molecule is CCc1ccc(N2C(=O)NC(=O)C(=Cc3cc(C)n(-c4ccc(F)cc4)c3C)C2=O)cc1. The van der Waals surface area contributed by atoms with Gasteiger partial charge in [0, 0.05) is 17.1 Å². The number of aromatic nitrogens is 1. The van der Waals surface area contributed by atoms with E-state index in [4.69, 9.17) is 0 Å². The van der Waals surface area contributed by atoms with Gasteiger partial charge < -0.3 is 4.57 Å². The van der Waals surface area contributed by atoms with Gasteiger partial charge in [-0.25, -0.2) is 14.1 Å². The van der Waals surface area contributed by atoms with Gasteiger partial charge in [0.25, 0.3) is 11.8 Å². The number of hydrogen-bond acceptors (Lipinski definition) is 3. The summed E-state index contributed by atoms with van der Waals surface area (Å²) in [6.07, 6.45) is 2.31. The molecule has 2 aromatic carbocycles. The van der Waals surface area contributed by atoms with Gasteiger partial charge in [0.05, 0.1) is 5.69 Å². The molecule has 2 heterocycles. The van der Waals surface area contributed by atoms with Crippen LogP contribution in [0.25, 0.3) is 11.8 Å². The predicted molar refractivity (Wildman–Crippen MR) is 120 cm³/mol. The molecule has 4 amide bonds. The highest BCUT2D eigenvalue weighted by molar-refractivity contribution is 6.39. The van der Waals surface area contributed by atoms with Crippen LogP contribution in [0.4, 0.5) is 14.9 Å². The number of benzene rings is 2. The number of carbonyl (C=O) groups is 3. The molecule has 4 rings (SSSR count). The summed E-state index contributed by atoms with van der Waals surface area (Å²) in [5.41, 5.74) is 4.37. The summed E-state index contributed by atoms with van der Waals surface area (Å²) in [7, 11) is 0. The van der Waals surface area contributed by atoms with Gasteiger partial charge in [0.15, 0.2) is 0 Å². The monoisotopic (exact) mass is 431 g/mol. The van der Waals surface area contributed by atoms with Crippen LogP contribution in [0.15, 0.2) is 60.2 Å². The molecule has 7 heteroatoms. The Bertz CT molecular complexity index is 1250. The van der Waals surface area contributed by atoms with E-state index in [1.807, 2.05) is 43.5 Å². The summed E-state index contributed by atoms with van der Waals surface area (Å²) in [6.45, 7) is 5.74. The molecule has 0 atom stereocenters. The average molecular weight is 431 g/mol. The van der Waals surface area contributed by atoms with Crippen LogP contribution in [0.1, 0.15) is 29.4 Å². The molecule has 1 saturated heterocycles. The van der Waals surface area contributed by atoms with Crippen molar-refractivity contribution in [3.63, 3.8) is 0 Å². The third kappa shape index (κ3) is 3.73. The summed E-state index contributed by atoms with van der Waals surface area (Å²) in [4.78, 5) is 39.0. The highest BCUT2D eigenvalue weighted by Gasteiger charge is 2.37. The summed E-state index contributed by atoms with van der Waals surface area (Å²) in [6, 6.07) is 14.2. The Morgan fingerprint density at radius 1 is 0.938 bits per heavy atom. The van der Waals surface area contributed by atoms with Gasteiger partial charge in [-0.15, -0.1) is 0 Å². The minimum Gasteiger partial charge on any atom is -0.318 e. The lowest BCUT2D eigenvalue weighted by Crippen LogP contribution is -2.54. The van der Waals surface area contributed by atoms with Crippen molar-refractivity contribution >= 4 is 29.6 Å². The number of nitrogens with zero attached hydrogens (tertiary/aromatic N) is 2. The standard InChI is InChI=1S/C25H22FN3O3/c1-4-17-5-9-21(10-6-17)29-24(31)22(23(30)27-25(29)32)14-18-13-15(2)28(16(18)3)20-11-7-19(26)8-12-20/h5-14H,4H2,1-3H3,(H,27,30,32). The Morgan fingerprint density at radius 3 is 2.19 bits per heavy atom. The normalized spacial score (nSPS) is 15.4. The number of barbiturate groups is 1. The van der Waals surface area contributed by atoms with Crippen LogP contribution in [0, 0.1) is 19.7 Å². The molecule has 0 bridgehead atoms. The first-order valence-corrected chi connectivity index (χ1v) is 10.3. The van der Waals surface area contributed by atoms with Crippen LogP contribution < -0.4 is 10.2 Å². The first-order chi connectivity index (χ1) is 15.3. The maximum Gasteiger partial charge on any atom is 0.335 e. The third-order valence-electron chi connectivity index (χ3n) is 5.56. The van der Waals surface area contributed by atoms with Crippen molar-refractivity contribution in [1.82, 2.24) is 9.88 Å². The average Bonchev–Trinajstić information content (AvgIpc) is 3.05. The second-order valence-electron chi connectivity index (χ2n) is 7.62. The molecular formula is C25H22FN3O3. The van der Waals surface area contributed by atoms with E-state index in [2.05, 4.69) is 5.32 Å². The zero-order valence-corrected chi connectivity index (χ0v) is 18.0. The van der Waals surface area contributed by atoms with E-state index in [9.17, 15) is 18.8 Å². The van der Waals surface area contributed by atoms with Crippen molar-refractivity contribution in [2.24, 2.45) is 0 Å². The first kappa shape index (κ1) is 21.2. The highest BCUT2D eigenvalue weighted by Crippen LogP contribution is 2.26. The van der Waals surface area contributed by atoms with E-state index in [1.165, 1.54) is 18.2 Å². The van der Waals surface area contributed by atoms with Crippen LogP contribution in [0.5, 0.6) is 0 Å². The Kier molecular flexibility index (Phi) is 5.48. The predicted octanol–water partition coefficient (Wildman–Crippen LogP) is 4.46. The topological polar surface area (TPSA) is 71.4 Å². The largest absolute Gasteiger partial charge is 0.335 e. The number of rotatable bonds is 4. The van der Waals surface area contributed by atoms with Crippen molar-refractivity contribution in [3.8, 4) is 5.69 Å². The van der Waals surface area contributed by atoms with Gasteiger partial charge in [-0.1, -0.05) is 19.1 Å². The number of nitrogens with one attached hydrogen (secondary N) is 1. The molecule has 1 N–H and O–H groups in total. The van der Waals surface area contributed by atoms with Gasteiger partial charge in [-0.3, -0.25) is 14.9 Å². The molecule has 162 valence electrons. The van der Waals surface area contributed by atoms with E-state index < -0.39 is 17.8 Å². The molecule has 0 saturated carbocycles. The fraction of sp³-hybridized carbons (Fsp3) is 0.160. The van der Waals surface area contributed by atoms with E-state index in [0.29, 0.717) is 11.3 Å². The molecule has 1 aliphatic heterocycles. The minimum atomic E-state index is -0.779. The van der Waals surface area contributed by atoms with Crippen molar-refractivity contribution in [1.29, 1.82) is 0 Å². The minimum absolute atomic E-state index is 0.136. The Labute approximate surface area is 185 Å². The highest BCUT2D eigenvalue weighted by atomic mass is 19.1. The number of imide groups is 2. The second kappa shape index (κ2) is 8.26. The molecule has 6 nitrogen and oxygen atoms in total. The Hall–Kier alpha value is -4.00. The summed E-state index contributed by atoms with van der Waals surface area (Å²) in [5.74, 6) is -1.76. The molecule has 1 fully saturated rings. The van der Waals surface area contributed by atoms with Crippen LogP contribution in [0.2, 0.25) is 0 Å². The lowest BCUT2D eigenvalue weighted by molar-refractivity contribution is -0.122. The number of halogens is 1. The first-order valence-electron chi connectivity index (χ1n) is 10.3. The Morgan fingerprint density at radius 2 is 1.56 bits per heavy atom. The van der Waals surface area contributed by atoms with Crippen LogP contribution in [-0.2, 0) is 16.0 Å². The molecule has 1 aliphatic rings. The van der Waals surface area contributed by atoms with E-state index in [-0.39, 0.29) is 11.4 Å². The summed E-state index contributed by atoms with van der Waals surface area (Å²) < 4.78 is 15.2. The number of anilines is 1. The summed E-state index contributed by atoms with van der Waals surface area (Å²) in [5, 5.41) is 2.25. The van der Waals surface area contributed by atoms with Gasteiger partial charge in [0.1, 0.15) is 11.4 Å². The van der Waals surface area contributed by atoms with Crippen LogP contribution >= 0.6 is 0 Å². The molecular weight excluding hydrogens is 409 g/mol. The number of hydrogen-bond donors (Lipinski definition) is 1. The zero-order chi connectivity index (χ0) is 23.0. The number of carbonyl (C=O) groups excluding carboxylic acids is 3. The fourth-order valence-electron chi connectivity index (χ4n) is 3.85. The molecule has 0 unspecified atom stereocenters. The van der Waals surface area contributed by atoms with Gasteiger partial charge in [0.2, 0.25) is 0 Å². The molecule has 0 aliphatic carbocycles. The van der Waals surface area contributed by atoms with E-state index >= 15 is 0 Å². The lowest BCUT2D eigenvalue weighted by atomic mass is 10.1. The maximum atomic E-state index is 13.3. The van der Waals surface area contributed by atoms with Crippen molar-refractivity contribution < 1.29 is 18.8 Å². The van der Waals surface area contributed by atoms with Crippen LogP contribution in [-0.4, -0.2) is 22.4 Å². The molecule has 1 aromatic heterocycles. The van der Waals surface area contributed by atoms with Crippen molar-refractivity contribution in [3.05, 3.63) is 88.5 Å². The molecule has 3 aromatic rings. The van der Waals surface area contributed by atoms with E-state index in [0.717, 1.165) is 34.0 Å². The number of urea groups is 1. The van der Waals surface area contributed by atoms with Crippen LogP contribution in [0.3, 0.4) is 0 Å².